The van der Waals surface area contributed by atoms with E-state index in [2.05, 4.69) is 21.2 Å². The van der Waals surface area contributed by atoms with E-state index < -0.39 is 28.5 Å². The zero-order valence-corrected chi connectivity index (χ0v) is 28.9. The number of sulfonamides is 1. The van der Waals surface area contributed by atoms with Gasteiger partial charge in [0, 0.05) is 24.0 Å². The van der Waals surface area contributed by atoms with Crippen LogP contribution in [0.2, 0.25) is 0 Å². The molecule has 242 valence electrons. The molecule has 8 nitrogen and oxygen atoms in total. The van der Waals surface area contributed by atoms with E-state index in [1.54, 1.807) is 36.4 Å². The number of nitrogens with one attached hydrogen (secondary N) is 1. The SMILES string of the molecule is COc1ccccc1N(CC(=O)N(Cc1ccc(Br)cc1)[C@@H](Cc1ccccc1)C(=O)NCC(C)C)S(=O)(=O)c1ccc(C)cc1. The van der Waals surface area contributed by atoms with E-state index in [0.717, 1.165) is 25.5 Å². The highest BCUT2D eigenvalue weighted by Crippen LogP contribution is 2.33. The lowest BCUT2D eigenvalue weighted by Crippen LogP contribution is -2.53. The number of para-hydroxylation sites is 2. The zero-order valence-electron chi connectivity index (χ0n) is 26.5. The summed E-state index contributed by atoms with van der Waals surface area (Å²) in [5, 5.41) is 3.01. The average molecular weight is 707 g/mol. The summed E-state index contributed by atoms with van der Waals surface area (Å²) < 4.78 is 36.0. The van der Waals surface area contributed by atoms with Crippen molar-refractivity contribution >= 4 is 43.5 Å². The third-order valence-corrected chi connectivity index (χ3v) is 9.77. The molecule has 0 radical (unpaired) electrons. The molecule has 0 aliphatic rings. The third-order valence-electron chi connectivity index (χ3n) is 7.46. The molecule has 0 saturated carbocycles. The van der Waals surface area contributed by atoms with Crippen molar-refractivity contribution in [2.75, 3.05) is 24.5 Å². The second-order valence-corrected chi connectivity index (χ2v) is 14.3. The number of hydrogen-bond acceptors (Lipinski definition) is 5. The van der Waals surface area contributed by atoms with Crippen molar-refractivity contribution in [1.82, 2.24) is 10.2 Å². The molecule has 1 atom stereocenters. The van der Waals surface area contributed by atoms with Crippen LogP contribution < -0.4 is 14.4 Å². The minimum Gasteiger partial charge on any atom is -0.495 e. The van der Waals surface area contributed by atoms with Crippen LogP contribution >= 0.6 is 15.9 Å². The molecule has 2 amide bonds. The number of nitrogens with zero attached hydrogens (tertiary/aromatic N) is 2. The van der Waals surface area contributed by atoms with Gasteiger partial charge in [0.25, 0.3) is 10.0 Å². The molecule has 0 aliphatic carbocycles. The van der Waals surface area contributed by atoms with Gasteiger partial charge in [-0.3, -0.25) is 13.9 Å². The standard InChI is InChI=1S/C36H40BrN3O5S/c1-26(2)23-38-36(42)33(22-28-10-6-5-7-11-28)39(24-29-16-18-30(37)19-17-29)35(41)25-40(32-12-8-9-13-34(32)45-4)46(43,44)31-20-14-27(3)15-21-31/h5-21,26,33H,22-25H2,1-4H3,(H,38,42)/t33-/m0/s1. The van der Waals surface area contributed by atoms with Gasteiger partial charge in [-0.2, -0.15) is 0 Å². The molecule has 0 spiro atoms. The summed E-state index contributed by atoms with van der Waals surface area (Å²) in [7, 11) is -2.79. The molecule has 4 aromatic rings. The fourth-order valence-corrected chi connectivity index (χ4v) is 6.64. The number of hydrogen-bond donors (Lipinski definition) is 1. The Balaban J connectivity index is 1.82. The molecule has 4 aromatic carbocycles. The van der Waals surface area contributed by atoms with Crippen LogP contribution in [0.15, 0.2) is 112 Å². The van der Waals surface area contributed by atoms with Gasteiger partial charge in [-0.25, -0.2) is 8.42 Å². The quantitative estimate of drug-likeness (QED) is 0.164. The normalized spacial score (nSPS) is 12.0. The van der Waals surface area contributed by atoms with Crippen molar-refractivity contribution in [2.24, 2.45) is 5.92 Å². The van der Waals surface area contributed by atoms with Crippen LogP contribution in [0, 0.1) is 12.8 Å². The number of halogens is 1. The number of rotatable bonds is 14. The first-order valence-electron chi connectivity index (χ1n) is 15.1. The predicted octanol–water partition coefficient (Wildman–Crippen LogP) is 6.37. The van der Waals surface area contributed by atoms with Gasteiger partial charge in [0.2, 0.25) is 11.8 Å². The van der Waals surface area contributed by atoms with Crippen LogP contribution in [0.1, 0.15) is 30.5 Å². The Hall–Kier alpha value is -4.15. The average Bonchev–Trinajstić information content (AvgIpc) is 3.05. The van der Waals surface area contributed by atoms with Crippen molar-refractivity contribution in [3.05, 3.63) is 124 Å². The number of amides is 2. The molecule has 0 aromatic heterocycles. The van der Waals surface area contributed by atoms with Gasteiger partial charge in [-0.05, 0) is 60.4 Å². The first-order valence-corrected chi connectivity index (χ1v) is 17.3. The van der Waals surface area contributed by atoms with Gasteiger partial charge in [0.15, 0.2) is 0 Å². The molecular formula is C36H40BrN3O5S. The predicted molar refractivity (Wildman–Crippen MR) is 185 cm³/mol. The molecule has 0 unspecified atom stereocenters. The van der Waals surface area contributed by atoms with Crippen LogP contribution in [0.4, 0.5) is 5.69 Å². The van der Waals surface area contributed by atoms with E-state index in [4.69, 9.17) is 4.74 Å². The number of anilines is 1. The number of aryl methyl sites for hydroxylation is 1. The molecule has 0 saturated heterocycles. The van der Waals surface area contributed by atoms with E-state index in [1.165, 1.54) is 24.1 Å². The molecule has 46 heavy (non-hydrogen) atoms. The summed E-state index contributed by atoms with van der Waals surface area (Å²) in [5.41, 5.74) is 2.77. The van der Waals surface area contributed by atoms with Crippen LogP contribution in [0.3, 0.4) is 0 Å². The van der Waals surface area contributed by atoms with Gasteiger partial charge in [-0.15, -0.1) is 0 Å². The Labute approximate surface area is 280 Å². The first-order chi connectivity index (χ1) is 22.0. The lowest BCUT2D eigenvalue weighted by molar-refractivity contribution is -0.140. The largest absolute Gasteiger partial charge is 0.495 e. The lowest BCUT2D eigenvalue weighted by Gasteiger charge is -2.34. The maximum Gasteiger partial charge on any atom is 0.264 e. The van der Waals surface area contributed by atoms with Crippen LogP contribution in [-0.2, 0) is 32.6 Å². The number of ether oxygens (including phenoxy) is 1. The second-order valence-electron chi connectivity index (χ2n) is 11.5. The van der Waals surface area contributed by atoms with Gasteiger partial charge >= 0.3 is 0 Å². The van der Waals surface area contributed by atoms with Crippen LogP contribution in [-0.4, -0.2) is 51.4 Å². The lowest BCUT2D eigenvalue weighted by atomic mass is 10.0. The van der Waals surface area contributed by atoms with Crippen LogP contribution in [0.25, 0.3) is 0 Å². The Kier molecular flexibility index (Phi) is 12.0. The molecule has 10 heteroatoms. The fraction of sp³-hybridized carbons (Fsp3) is 0.278. The number of carbonyl (C=O) groups is 2. The number of methoxy groups -OCH3 is 1. The highest BCUT2D eigenvalue weighted by molar-refractivity contribution is 9.10. The van der Waals surface area contributed by atoms with Crippen molar-refractivity contribution in [3.8, 4) is 5.75 Å². The Bertz CT molecular complexity index is 1710. The van der Waals surface area contributed by atoms with Crippen molar-refractivity contribution < 1.29 is 22.7 Å². The molecule has 0 heterocycles. The molecule has 4 rings (SSSR count). The fourth-order valence-electron chi connectivity index (χ4n) is 4.95. The molecule has 1 N–H and O–H groups in total. The summed E-state index contributed by atoms with van der Waals surface area (Å²) in [5.74, 6) is -0.364. The van der Waals surface area contributed by atoms with E-state index in [0.29, 0.717) is 12.3 Å². The van der Waals surface area contributed by atoms with Gasteiger partial charge in [0.1, 0.15) is 18.3 Å². The highest BCUT2D eigenvalue weighted by Gasteiger charge is 2.35. The van der Waals surface area contributed by atoms with Gasteiger partial charge < -0.3 is 15.0 Å². The first kappa shape index (κ1) is 34.7. The molecular weight excluding hydrogens is 666 g/mol. The topological polar surface area (TPSA) is 96.0 Å². The van der Waals surface area contributed by atoms with E-state index in [-0.39, 0.29) is 35.4 Å². The Morgan fingerprint density at radius 2 is 1.48 bits per heavy atom. The zero-order chi connectivity index (χ0) is 33.3. The minimum atomic E-state index is -4.24. The summed E-state index contributed by atoms with van der Waals surface area (Å²) in [6.07, 6.45) is 0.242. The second kappa shape index (κ2) is 15.9. The Morgan fingerprint density at radius 3 is 2.11 bits per heavy atom. The van der Waals surface area contributed by atoms with E-state index in [9.17, 15) is 18.0 Å². The summed E-state index contributed by atoms with van der Waals surface area (Å²) in [6.45, 7) is 5.82. The van der Waals surface area contributed by atoms with E-state index >= 15 is 0 Å². The molecule has 0 bridgehead atoms. The third kappa shape index (κ3) is 8.98. The van der Waals surface area contributed by atoms with Gasteiger partial charge in [0.05, 0.1) is 17.7 Å². The van der Waals surface area contributed by atoms with Crippen molar-refractivity contribution in [1.29, 1.82) is 0 Å². The minimum absolute atomic E-state index is 0.0341. The highest BCUT2D eigenvalue weighted by atomic mass is 79.9. The maximum atomic E-state index is 14.6. The molecule has 0 aliphatic heterocycles. The van der Waals surface area contributed by atoms with Crippen molar-refractivity contribution in [3.63, 3.8) is 0 Å². The Morgan fingerprint density at radius 1 is 0.848 bits per heavy atom. The van der Waals surface area contributed by atoms with Gasteiger partial charge in [-0.1, -0.05) is 102 Å². The summed E-state index contributed by atoms with van der Waals surface area (Å²) in [4.78, 5) is 30.0. The van der Waals surface area contributed by atoms with E-state index in [1.807, 2.05) is 75.4 Å². The maximum absolute atomic E-state index is 14.6. The number of carbonyl (C=O) groups excluding carboxylic acids is 2. The number of benzene rings is 4. The summed E-state index contributed by atoms with van der Waals surface area (Å²) in [6, 6.07) is 29.2. The van der Waals surface area contributed by atoms with Crippen molar-refractivity contribution in [2.45, 2.75) is 44.7 Å². The summed E-state index contributed by atoms with van der Waals surface area (Å²) >= 11 is 3.46. The molecule has 0 fully saturated rings. The monoisotopic (exact) mass is 705 g/mol. The van der Waals surface area contributed by atoms with Crippen LogP contribution in [0.5, 0.6) is 5.75 Å². The smallest absolute Gasteiger partial charge is 0.264 e.